The zero-order valence-electron chi connectivity index (χ0n) is 11.9. The smallest absolute Gasteiger partial charge is 0.319 e. The van der Waals surface area contributed by atoms with Gasteiger partial charge >= 0.3 is 6.03 Å². The Bertz CT molecular complexity index is 614. The zero-order chi connectivity index (χ0) is 15.2. The lowest BCUT2D eigenvalue weighted by atomic mass is 10.1. The Kier molecular flexibility index (Phi) is 5.22. The van der Waals surface area contributed by atoms with Crippen LogP contribution in [-0.2, 0) is 0 Å². The molecule has 0 radical (unpaired) electrons. The number of nitrogens with one attached hydrogen (secondary N) is 2. The number of anilines is 1. The van der Waals surface area contributed by atoms with Crippen molar-refractivity contribution in [2.24, 2.45) is 0 Å². The van der Waals surface area contributed by atoms with E-state index in [1.54, 1.807) is 7.11 Å². The fourth-order valence-corrected chi connectivity index (χ4v) is 2.28. The highest BCUT2D eigenvalue weighted by Gasteiger charge is 2.10. The molecule has 0 saturated carbocycles. The van der Waals surface area contributed by atoms with Gasteiger partial charge < -0.3 is 15.4 Å². The van der Waals surface area contributed by atoms with Gasteiger partial charge in [0.15, 0.2) is 0 Å². The van der Waals surface area contributed by atoms with Crippen LogP contribution < -0.4 is 15.4 Å². The van der Waals surface area contributed by atoms with Gasteiger partial charge in [0.25, 0.3) is 0 Å². The van der Waals surface area contributed by atoms with Crippen molar-refractivity contribution in [2.45, 2.75) is 13.0 Å². The van der Waals surface area contributed by atoms with Gasteiger partial charge in [0.1, 0.15) is 5.75 Å². The third kappa shape index (κ3) is 4.23. The number of rotatable bonds is 4. The minimum atomic E-state index is -0.245. The zero-order valence-corrected chi connectivity index (χ0v) is 13.5. The fraction of sp³-hybridized carbons (Fsp3) is 0.188. The van der Waals surface area contributed by atoms with Crippen LogP contribution in [0.4, 0.5) is 10.5 Å². The quantitative estimate of drug-likeness (QED) is 0.863. The predicted molar refractivity (Wildman–Crippen MR) is 87.7 cm³/mol. The molecular formula is C16H17BrN2O2. The standard InChI is InChI=1S/C16H17BrN2O2/c1-11(12-7-9-13(21-2)10-8-12)18-16(20)19-15-6-4-3-5-14(15)17/h3-11H,1-2H3,(H2,18,19,20)/t11-/m1/s1. The van der Waals surface area contributed by atoms with Crippen molar-refractivity contribution in [1.82, 2.24) is 5.32 Å². The van der Waals surface area contributed by atoms with E-state index < -0.39 is 0 Å². The van der Waals surface area contributed by atoms with E-state index in [9.17, 15) is 4.79 Å². The summed E-state index contributed by atoms with van der Waals surface area (Å²) in [6, 6.07) is 14.7. The summed E-state index contributed by atoms with van der Waals surface area (Å²) in [6.07, 6.45) is 0. The number of hydrogen-bond donors (Lipinski definition) is 2. The van der Waals surface area contributed by atoms with Crippen molar-refractivity contribution in [3.05, 3.63) is 58.6 Å². The Hall–Kier alpha value is -2.01. The molecule has 4 nitrogen and oxygen atoms in total. The maximum absolute atomic E-state index is 12.0. The minimum Gasteiger partial charge on any atom is -0.497 e. The predicted octanol–water partition coefficient (Wildman–Crippen LogP) is 4.34. The molecule has 2 rings (SSSR count). The average molecular weight is 349 g/mol. The highest BCUT2D eigenvalue weighted by molar-refractivity contribution is 9.10. The van der Waals surface area contributed by atoms with Gasteiger partial charge in [-0.3, -0.25) is 0 Å². The van der Waals surface area contributed by atoms with Crippen LogP contribution >= 0.6 is 15.9 Å². The first-order chi connectivity index (χ1) is 10.1. The fourth-order valence-electron chi connectivity index (χ4n) is 1.89. The molecule has 2 N–H and O–H groups in total. The highest BCUT2D eigenvalue weighted by Crippen LogP contribution is 2.21. The summed E-state index contributed by atoms with van der Waals surface area (Å²) in [5.41, 5.74) is 1.75. The van der Waals surface area contributed by atoms with E-state index in [1.165, 1.54) is 0 Å². The van der Waals surface area contributed by atoms with Gasteiger partial charge in [0.05, 0.1) is 18.8 Å². The third-order valence-corrected chi connectivity index (χ3v) is 3.78. The summed E-state index contributed by atoms with van der Waals surface area (Å²) in [5, 5.41) is 5.71. The van der Waals surface area contributed by atoms with Crippen LogP contribution in [0.2, 0.25) is 0 Å². The number of benzene rings is 2. The summed E-state index contributed by atoms with van der Waals surface area (Å²) in [7, 11) is 1.63. The van der Waals surface area contributed by atoms with Crippen molar-refractivity contribution < 1.29 is 9.53 Å². The van der Waals surface area contributed by atoms with Gasteiger partial charge in [0, 0.05) is 4.47 Å². The van der Waals surface area contributed by atoms with Crippen molar-refractivity contribution in [1.29, 1.82) is 0 Å². The Morgan fingerprint density at radius 1 is 1.14 bits per heavy atom. The molecule has 2 amide bonds. The Labute approximate surface area is 132 Å². The van der Waals surface area contributed by atoms with E-state index in [4.69, 9.17) is 4.74 Å². The summed E-state index contributed by atoms with van der Waals surface area (Å²) < 4.78 is 5.96. The number of carbonyl (C=O) groups is 1. The van der Waals surface area contributed by atoms with Crippen LogP contribution in [0.1, 0.15) is 18.5 Å². The van der Waals surface area contributed by atoms with Crippen molar-refractivity contribution >= 4 is 27.6 Å². The number of amides is 2. The largest absolute Gasteiger partial charge is 0.497 e. The third-order valence-electron chi connectivity index (χ3n) is 3.09. The first-order valence-corrected chi connectivity index (χ1v) is 7.35. The van der Waals surface area contributed by atoms with Crippen LogP contribution in [0.5, 0.6) is 5.75 Å². The first kappa shape index (κ1) is 15.4. The van der Waals surface area contributed by atoms with Gasteiger partial charge in [-0.15, -0.1) is 0 Å². The molecule has 0 unspecified atom stereocenters. The molecule has 2 aromatic rings. The molecule has 5 heteroatoms. The number of hydrogen-bond acceptors (Lipinski definition) is 2. The Balaban J connectivity index is 1.97. The molecule has 0 aromatic heterocycles. The summed E-state index contributed by atoms with van der Waals surface area (Å²) in [5.74, 6) is 0.795. The van der Waals surface area contributed by atoms with Gasteiger partial charge in [0.2, 0.25) is 0 Å². The van der Waals surface area contributed by atoms with E-state index in [-0.39, 0.29) is 12.1 Å². The van der Waals surface area contributed by atoms with E-state index in [0.717, 1.165) is 21.5 Å². The molecule has 1 atom stereocenters. The molecule has 0 spiro atoms. The number of urea groups is 1. The van der Waals surface area contributed by atoms with Crippen LogP contribution in [0.3, 0.4) is 0 Å². The van der Waals surface area contributed by atoms with Crippen LogP contribution in [-0.4, -0.2) is 13.1 Å². The Morgan fingerprint density at radius 3 is 2.43 bits per heavy atom. The number of methoxy groups -OCH3 is 1. The second-order valence-electron chi connectivity index (χ2n) is 4.57. The molecule has 0 bridgehead atoms. The molecule has 2 aromatic carbocycles. The molecule has 0 aliphatic carbocycles. The first-order valence-electron chi connectivity index (χ1n) is 6.56. The molecule has 0 saturated heterocycles. The maximum Gasteiger partial charge on any atom is 0.319 e. The van der Waals surface area contributed by atoms with Crippen molar-refractivity contribution in [3.63, 3.8) is 0 Å². The van der Waals surface area contributed by atoms with Gasteiger partial charge in [-0.25, -0.2) is 4.79 Å². The second-order valence-corrected chi connectivity index (χ2v) is 5.43. The molecule has 110 valence electrons. The summed E-state index contributed by atoms with van der Waals surface area (Å²) in [6.45, 7) is 1.93. The Morgan fingerprint density at radius 2 is 1.81 bits per heavy atom. The van der Waals surface area contributed by atoms with Crippen LogP contribution in [0.25, 0.3) is 0 Å². The van der Waals surface area contributed by atoms with Crippen LogP contribution in [0, 0.1) is 0 Å². The molecule has 0 fully saturated rings. The summed E-state index contributed by atoms with van der Waals surface area (Å²) in [4.78, 5) is 12.0. The lowest BCUT2D eigenvalue weighted by Gasteiger charge is -2.16. The molecular weight excluding hydrogens is 332 g/mol. The number of carbonyl (C=O) groups excluding carboxylic acids is 1. The lowest BCUT2D eigenvalue weighted by Crippen LogP contribution is -2.31. The van der Waals surface area contributed by atoms with E-state index in [2.05, 4.69) is 26.6 Å². The van der Waals surface area contributed by atoms with Crippen LogP contribution in [0.15, 0.2) is 53.0 Å². The SMILES string of the molecule is COc1ccc([C@@H](C)NC(=O)Nc2ccccc2Br)cc1. The summed E-state index contributed by atoms with van der Waals surface area (Å²) >= 11 is 3.40. The molecule has 0 heterocycles. The number of para-hydroxylation sites is 1. The minimum absolute atomic E-state index is 0.0987. The van der Waals surface area contributed by atoms with Crippen molar-refractivity contribution in [3.8, 4) is 5.75 Å². The monoisotopic (exact) mass is 348 g/mol. The van der Waals surface area contributed by atoms with Crippen molar-refractivity contribution in [2.75, 3.05) is 12.4 Å². The van der Waals surface area contributed by atoms with Gasteiger partial charge in [-0.05, 0) is 52.7 Å². The number of halogens is 1. The average Bonchev–Trinajstić information content (AvgIpc) is 2.49. The van der Waals surface area contributed by atoms with E-state index >= 15 is 0 Å². The highest BCUT2D eigenvalue weighted by atomic mass is 79.9. The topological polar surface area (TPSA) is 50.4 Å². The number of ether oxygens (including phenoxy) is 1. The normalized spacial score (nSPS) is 11.6. The second kappa shape index (κ2) is 7.13. The lowest BCUT2D eigenvalue weighted by molar-refractivity contribution is 0.249. The molecule has 0 aliphatic rings. The molecule has 0 aliphatic heterocycles. The van der Waals surface area contributed by atoms with E-state index in [1.807, 2.05) is 55.5 Å². The molecule has 21 heavy (non-hydrogen) atoms. The van der Waals surface area contributed by atoms with E-state index in [0.29, 0.717) is 0 Å². The van der Waals surface area contributed by atoms with Gasteiger partial charge in [-0.2, -0.15) is 0 Å². The maximum atomic E-state index is 12.0. The van der Waals surface area contributed by atoms with Gasteiger partial charge in [-0.1, -0.05) is 24.3 Å².